The summed E-state index contributed by atoms with van der Waals surface area (Å²) in [4.78, 5) is 38.0. The van der Waals surface area contributed by atoms with Gasteiger partial charge in [-0.3, -0.25) is 14.4 Å². The number of aliphatic carboxylic acids is 1. The van der Waals surface area contributed by atoms with Gasteiger partial charge in [0, 0.05) is 16.6 Å². The molecular formula is C18H21ClN2O4. The molecule has 2 amide bonds. The summed E-state index contributed by atoms with van der Waals surface area (Å²) in [5.41, 5.74) is 0.453. The quantitative estimate of drug-likeness (QED) is 0.858. The molecule has 7 heteroatoms. The average molecular weight is 365 g/mol. The second kappa shape index (κ2) is 7.44. The van der Waals surface area contributed by atoms with Crippen molar-refractivity contribution < 1.29 is 19.5 Å². The number of benzene rings is 1. The van der Waals surface area contributed by atoms with E-state index in [0.717, 1.165) is 25.7 Å². The maximum atomic E-state index is 13.1. The van der Waals surface area contributed by atoms with Crippen LogP contribution >= 0.6 is 11.6 Å². The number of likely N-dealkylation sites (tertiary alicyclic amines) is 1. The van der Waals surface area contributed by atoms with Crippen molar-refractivity contribution in [2.45, 2.75) is 44.2 Å². The van der Waals surface area contributed by atoms with E-state index < -0.39 is 24.5 Å². The molecule has 134 valence electrons. The highest BCUT2D eigenvalue weighted by Crippen LogP contribution is 2.40. The molecule has 1 aliphatic heterocycles. The van der Waals surface area contributed by atoms with Crippen LogP contribution in [0.15, 0.2) is 24.3 Å². The van der Waals surface area contributed by atoms with Crippen LogP contribution in [0, 0.1) is 5.92 Å². The molecule has 0 bridgehead atoms. The minimum Gasteiger partial charge on any atom is -0.480 e. The molecule has 1 aliphatic carbocycles. The Kier molecular flexibility index (Phi) is 5.27. The monoisotopic (exact) mass is 364 g/mol. The number of carboxylic acids is 1. The van der Waals surface area contributed by atoms with Gasteiger partial charge >= 0.3 is 5.97 Å². The number of rotatable bonds is 4. The Hall–Kier alpha value is -2.08. The molecule has 1 saturated heterocycles. The lowest BCUT2D eigenvalue weighted by atomic mass is 9.84. The molecule has 3 unspecified atom stereocenters. The van der Waals surface area contributed by atoms with Crippen LogP contribution in [0.2, 0.25) is 5.02 Å². The SMILES string of the molecule is O=C(O)CNC(=O)C1CC2CCCCC2N1C(=O)c1cccc(Cl)c1. The van der Waals surface area contributed by atoms with Gasteiger partial charge in [-0.05, 0) is 43.4 Å². The first-order valence-electron chi connectivity index (χ1n) is 8.55. The maximum Gasteiger partial charge on any atom is 0.322 e. The van der Waals surface area contributed by atoms with E-state index in [0.29, 0.717) is 17.0 Å². The number of hydrogen-bond acceptors (Lipinski definition) is 3. The molecule has 2 N–H and O–H groups in total. The van der Waals surface area contributed by atoms with Gasteiger partial charge in [0.1, 0.15) is 12.6 Å². The van der Waals surface area contributed by atoms with Gasteiger partial charge in [-0.15, -0.1) is 0 Å². The number of nitrogens with zero attached hydrogens (tertiary/aromatic N) is 1. The Morgan fingerprint density at radius 2 is 2.00 bits per heavy atom. The number of amides is 2. The second-order valence-electron chi connectivity index (χ2n) is 6.70. The third-order valence-corrected chi connectivity index (χ3v) is 5.35. The van der Waals surface area contributed by atoms with Gasteiger partial charge in [0.25, 0.3) is 5.91 Å². The highest BCUT2D eigenvalue weighted by atomic mass is 35.5. The van der Waals surface area contributed by atoms with E-state index in [1.54, 1.807) is 29.2 Å². The number of hydrogen-bond donors (Lipinski definition) is 2. The van der Waals surface area contributed by atoms with Crippen molar-refractivity contribution in [3.63, 3.8) is 0 Å². The summed E-state index contributed by atoms with van der Waals surface area (Å²) >= 11 is 6.00. The van der Waals surface area contributed by atoms with Crippen LogP contribution in [0.3, 0.4) is 0 Å². The van der Waals surface area contributed by atoms with E-state index in [1.807, 2.05) is 0 Å². The van der Waals surface area contributed by atoms with Gasteiger partial charge in [-0.1, -0.05) is 30.5 Å². The van der Waals surface area contributed by atoms with E-state index in [9.17, 15) is 14.4 Å². The Balaban J connectivity index is 1.86. The van der Waals surface area contributed by atoms with Crippen molar-refractivity contribution in [1.29, 1.82) is 0 Å². The van der Waals surface area contributed by atoms with Gasteiger partial charge < -0.3 is 15.3 Å². The van der Waals surface area contributed by atoms with E-state index in [-0.39, 0.29) is 17.9 Å². The van der Waals surface area contributed by atoms with E-state index in [2.05, 4.69) is 5.32 Å². The summed E-state index contributed by atoms with van der Waals surface area (Å²) < 4.78 is 0. The Bertz CT molecular complexity index is 693. The molecular weight excluding hydrogens is 344 g/mol. The first kappa shape index (κ1) is 17.7. The third-order valence-electron chi connectivity index (χ3n) is 5.11. The molecule has 1 aromatic carbocycles. The normalized spacial score (nSPS) is 25.3. The van der Waals surface area contributed by atoms with Crippen LogP contribution < -0.4 is 5.32 Å². The van der Waals surface area contributed by atoms with E-state index >= 15 is 0 Å². The average Bonchev–Trinajstić information content (AvgIpc) is 2.98. The minimum absolute atomic E-state index is 0.0285. The highest BCUT2D eigenvalue weighted by molar-refractivity contribution is 6.31. The van der Waals surface area contributed by atoms with Gasteiger partial charge in [-0.25, -0.2) is 0 Å². The zero-order valence-electron chi connectivity index (χ0n) is 13.8. The largest absolute Gasteiger partial charge is 0.480 e. The van der Waals surface area contributed by atoms with Crippen LogP contribution in [-0.4, -0.2) is 46.4 Å². The van der Waals surface area contributed by atoms with E-state index in [4.69, 9.17) is 16.7 Å². The van der Waals surface area contributed by atoms with Gasteiger partial charge in [0.05, 0.1) is 0 Å². The van der Waals surface area contributed by atoms with Gasteiger partial charge in [0.2, 0.25) is 5.91 Å². The lowest BCUT2D eigenvalue weighted by molar-refractivity contribution is -0.138. The van der Waals surface area contributed by atoms with Crippen molar-refractivity contribution in [3.8, 4) is 0 Å². The molecule has 3 rings (SSSR count). The summed E-state index contributed by atoms with van der Waals surface area (Å²) in [6.45, 7) is -0.441. The topological polar surface area (TPSA) is 86.7 Å². The predicted molar refractivity (Wildman–Crippen MR) is 92.4 cm³/mol. The van der Waals surface area contributed by atoms with Crippen molar-refractivity contribution in [3.05, 3.63) is 34.9 Å². The summed E-state index contributed by atoms with van der Waals surface area (Å²) in [5, 5.41) is 11.7. The number of carboxylic acid groups (broad SMARTS) is 1. The zero-order chi connectivity index (χ0) is 18.0. The van der Waals surface area contributed by atoms with Crippen molar-refractivity contribution in [2.75, 3.05) is 6.54 Å². The van der Waals surface area contributed by atoms with E-state index in [1.165, 1.54) is 0 Å². The first-order valence-corrected chi connectivity index (χ1v) is 8.93. The molecule has 0 spiro atoms. The lowest BCUT2D eigenvalue weighted by Gasteiger charge is -2.33. The molecule has 2 aliphatic rings. The highest BCUT2D eigenvalue weighted by Gasteiger charge is 2.47. The summed E-state index contributed by atoms with van der Waals surface area (Å²) in [6, 6.07) is 6.11. The van der Waals surface area contributed by atoms with Crippen molar-refractivity contribution >= 4 is 29.4 Å². The molecule has 1 saturated carbocycles. The molecule has 0 radical (unpaired) electrons. The fourth-order valence-electron chi connectivity index (χ4n) is 4.04. The van der Waals surface area contributed by atoms with Crippen molar-refractivity contribution in [1.82, 2.24) is 10.2 Å². The zero-order valence-corrected chi connectivity index (χ0v) is 14.5. The standard InChI is InChI=1S/C18H21ClN2O4/c19-13-6-3-5-12(8-13)18(25)21-14-7-2-1-4-11(14)9-15(21)17(24)20-10-16(22)23/h3,5-6,8,11,14-15H,1-2,4,7,9-10H2,(H,20,24)(H,22,23). The Labute approximate surface area is 151 Å². The first-order chi connectivity index (χ1) is 12.0. The Morgan fingerprint density at radius 3 is 2.72 bits per heavy atom. The lowest BCUT2D eigenvalue weighted by Crippen LogP contribution is -2.50. The van der Waals surface area contributed by atoms with Crippen LogP contribution in [-0.2, 0) is 9.59 Å². The number of carbonyl (C=O) groups excluding carboxylic acids is 2. The molecule has 1 heterocycles. The number of halogens is 1. The number of nitrogens with one attached hydrogen (secondary N) is 1. The molecule has 0 aromatic heterocycles. The van der Waals surface area contributed by atoms with Crippen LogP contribution in [0.25, 0.3) is 0 Å². The summed E-state index contributed by atoms with van der Waals surface area (Å²) in [5.74, 6) is -1.42. The van der Waals surface area contributed by atoms with Crippen LogP contribution in [0.1, 0.15) is 42.5 Å². The molecule has 25 heavy (non-hydrogen) atoms. The molecule has 3 atom stereocenters. The fourth-order valence-corrected chi connectivity index (χ4v) is 4.23. The number of fused-ring (bicyclic) bond motifs is 1. The second-order valence-corrected chi connectivity index (χ2v) is 7.13. The molecule has 6 nitrogen and oxygen atoms in total. The smallest absolute Gasteiger partial charge is 0.322 e. The van der Waals surface area contributed by atoms with Crippen molar-refractivity contribution in [2.24, 2.45) is 5.92 Å². The molecule has 1 aromatic rings. The summed E-state index contributed by atoms with van der Waals surface area (Å²) in [7, 11) is 0. The van der Waals surface area contributed by atoms with Gasteiger partial charge in [0.15, 0.2) is 0 Å². The number of carbonyl (C=O) groups is 3. The molecule has 2 fully saturated rings. The van der Waals surface area contributed by atoms with Crippen LogP contribution in [0.4, 0.5) is 0 Å². The Morgan fingerprint density at radius 1 is 1.24 bits per heavy atom. The van der Waals surface area contributed by atoms with Gasteiger partial charge in [-0.2, -0.15) is 0 Å². The third kappa shape index (κ3) is 3.79. The van der Waals surface area contributed by atoms with Crippen LogP contribution in [0.5, 0.6) is 0 Å². The summed E-state index contributed by atoms with van der Waals surface area (Å²) in [6.07, 6.45) is 4.59. The minimum atomic E-state index is -1.10. The fraction of sp³-hybridized carbons (Fsp3) is 0.500. The maximum absolute atomic E-state index is 13.1. The predicted octanol–water partition coefficient (Wildman–Crippen LogP) is 2.31.